The van der Waals surface area contributed by atoms with E-state index in [9.17, 15) is 0 Å². The minimum Gasteiger partial charge on any atom is -0.314 e. The van der Waals surface area contributed by atoms with Crippen molar-refractivity contribution >= 4 is 0 Å². The third-order valence-corrected chi connectivity index (χ3v) is 3.18. The zero-order valence-electron chi connectivity index (χ0n) is 9.95. The number of rotatable bonds is 5. The van der Waals surface area contributed by atoms with E-state index in [4.69, 9.17) is 0 Å². The third-order valence-electron chi connectivity index (χ3n) is 3.18. The van der Waals surface area contributed by atoms with E-state index in [-0.39, 0.29) is 0 Å². The maximum absolute atomic E-state index is 4.22. The Morgan fingerprint density at radius 3 is 2.73 bits per heavy atom. The van der Waals surface area contributed by atoms with Crippen LogP contribution in [0.3, 0.4) is 0 Å². The van der Waals surface area contributed by atoms with E-state index < -0.39 is 0 Å². The van der Waals surface area contributed by atoms with Crippen molar-refractivity contribution in [3.63, 3.8) is 0 Å². The van der Waals surface area contributed by atoms with Gasteiger partial charge in [0.15, 0.2) is 0 Å². The zero-order valence-corrected chi connectivity index (χ0v) is 9.95. The molecule has 3 heteroatoms. The summed E-state index contributed by atoms with van der Waals surface area (Å²) in [5.41, 5.74) is 1.91. The Kier molecular flexibility index (Phi) is 2.83. The quantitative estimate of drug-likeness (QED) is 0.797. The van der Waals surface area contributed by atoms with E-state index in [0.29, 0.717) is 11.5 Å². The van der Waals surface area contributed by atoms with Gasteiger partial charge in [-0.05, 0) is 30.2 Å². The van der Waals surface area contributed by atoms with Crippen LogP contribution >= 0.6 is 0 Å². The molecule has 3 nitrogen and oxygen atoms in total. The molecule has 0 amide bonds. The second-order valence-electron chi connectivity index (χ2n) is 5.23. The van der Waals surface area contributed by atoms with E-state index >= 15 is 0 Å². The van der Waals surface area contributed by atoms with Crippen LogP contribution < -0.4 is 5.32 Å². The summed E-state index contributed by atoms with van der Waals surface area (Å²) >= 11 is 0. The lowest BCUT2D eigenvalue weighted by molar-refractivity contribution is 0.429. The molecule has 15 heavy (non-hydrogen) atoms. The predicted molar refractivity (Wildman–Crippen MR) is 61.7 cm³/mol. The largest absolute Gasteiger partial charge is 0.314 e. The fourth-order valence-electron chi connectivity index (χ4n) is 2.01. The van der Waals surface area contributed by atoms with Crippen molar-refractivity contribution in [3.8, 4) is 0 Å². The molecule has 0 aliphatic heterocycles. The van der Waals surface area contributed by atoms with Gasteiger partial charge in [-0.25, -0.2) is 0 Å². The molecule has 0 unspecified atom stereocenters. The van der Waals surface area contributed by atoms with Crippen LogP contribution in [0.1, 0.15) is 32.3 Å². The first kappa shape index (κ1) is 10.7. The van der Waals surface area contributed by atoms with Gasteiger partial charge in [0.2, 0.25) is 0 Å². The summed E-state index contributed by atoms with van der Waals surface area (Å²) in [6, 6.07) is 0.594. The topological polar surface area (TPSA) is 29.9 Å². The molecule has 2 rings (SSSR count). The lowest BCUT2D eigenvalue weighted by Crippen LogP contribution is -2.30. The average molecular weight is 207 g/mol. The maximum Gasteiger partial charge on any atom is 0.0521 e. The van der Waals surface area contributed by atoms with Crippen LogP contribution in [-0.4, -0.2) is 22.4 Å². The molecule has 1 aromatic heterocycles. The van der Waals surface area contributed by atoms with Gasteiger partial charge in [0.25, 0.3) is 0 Å². The van der Waals surface area contributed by atoms with Crippen LogP contribution in [0.5, 0.6) is 0 Å². The predicted octanol–water partition coefficient (Wildman–Crippen LogP) is 1.74. The van der Waals surface area contributed by atoms with E-state index in [2.05, 4.69) is 30.5 Å². The van der Waals surface area contributed by atoms with E-state index in [1.807, 2.05) is 17.9 Å². The number of aromatic nitrogens is 2. The van der Waals surface area contributed by atoms with Crippen molar-refractivity contribution in [3.05, 3.63) is 18.0 Å². The molecule has 0 aromatic carbocycles. The van der Waals surface area contributed by atoms with Crippen LogP contribution in [0, 0.1) is 5.41 Å². The number of hydrogen-bond donors (Lipinski definition) is 1. The van der Waals surface area contributed by atoms with Gasteiger partial charge in [-0.2, -0.15) is 5.10 Å². The van der Waals surface area contributed by atoms with E-state index in [1.165, 1.54) is 24.8 Å². The highest BCUT2D eigenvalue weighted by molar-refractivity contribution is 5.12. The van der Waals surface area contributed by atoms with Crippen LogP contribution in [-0.2, 0) is 13.5 Å². The van der Waals surface area contributed by atoms with Crippen molar-refractivity contribution < 1.29 is 0 Å². The van der Waals surface area contributed by atoms with E-state index in [0.717, 1.165) is 6.54 Å². The molecule has 84 valence electrons. The van der Waals surface area contributed by atoms with Gasteiger partial charge in [-0.15, -0.1) is 0 Å². The molecule has 0 saturated heterocycles. The first-order valence-electron chi connectivity index (χ1n) is 5.81. The lowest BCUT2D eigenvalue weighted by atomic mass is 9.98. The van der Waals surface area contributed by atoms with Gasteiger partial charge in [-0.3, -0.25) is 4.68 Å². The van der Waals surface area contributed by atoms with Gasteiger partial charge >= 0.3 is 0 Å². The molecule has 1 aliphatic rings. The number of hydrogen-bond acceptors (Lipinski definition) is 2. The Bertz CT molecular complexity index is 323. The van der Waals surface area contributed by atoms with Crippen LogP contribution in [0.2, 0.25) is 0 Å². The first-order chi connectivity index (χ1) is 7.10. The fraction of sp³-hybridized carbons (Fsp3) is 0.750. The normalized spacial score (nSPS) is 18.4. The molecule has 0 radical (unpaired) electrons. The summed E-state index contributed by atoms with van der Waals surface area (Å²) in [7, 11) is 1.98. The SMILES string of the molecule is CC(C)NCC1(Cc2cnn(C)c2)CC1. The average Bonchev–Trinajstić information content (AvgIpc) is 2.81. The van der Waals surface area contributed by atoms with Gasteiger partial charge in [0, 0.05) is 25.8 Å². The highest BCUT2D eigenvalue weighted by Gasteiger charge is 2.42. The summed E-state index contributed by atoms with van der Waals surface area (Å²) in [5.74, 6) is 0. The highest BCUT2D eigenvalue weighted by atomic mass is 15.2. The number of nitrogens with zero attached hydrogens (tertiary/aromatic N) is 2. The van der Waals surface area contributed by atoms with Gasteiger partial charge in [-0.1, -0.05) is 13.8 Å². The van der Waals surface area contributed by atoms with Crippen molar-refractivity contribution in [2.24, 2.45) is 12.5 Å². The van der Waals surface area contributed by atoms with Crippen molar-refractivity contribution in [2.75, 3.05) is 6.54 Å². The number of nitrogens with one attached hydrogen (secondary N) is 1. The van der Waals surface area contributed by atoms with Gasteiger partial charge < -0.3 is 5.32 Å². The third kappa shape index (κ3) is 2.81. The Morgan fingerprint density at radius 1 is 1.53 bits per heavy atom. The van der Waals surface area contributed by atoms with Gasteiger partial charge in [0.05, 0.1) is 6.20 Å². The number of aryl methyl sites for hydroxylation is 1. The molecular formula is C12H21N3. The minimum atomic E-state index is 0.535. The van der Waals surface area contributed by atoms with Crippen molar-refractivity contribution in [1.29, 1.82) is 0 Å². The molecule has 1 aliphatic carbocycles. The molecule has 1 aromatic rings. The second-order valence-corrected chi connectivity index (χ2v) is 5.23. The Hall–Kier alpha value is -0.830. The second kappa shape index (κ2) is 3.97. The fourth-order valence-corrected chi connectivity index (χ4v) is 2.01. The van der Waals surface area contributed by atoms with Crippen LogP contribution in [0.15, 0.2) is 12.4 Å². The molecular weight excluding hydrogens is 186 g/mol. The monoisotopic (exact) mass is 207 g/mol. The molecule has 1 fully saturated rings. The molecule has 0 atom stereocenters. The molecule has 0 bridgehead atoms. The summed E-state index contributed by atoms with van der Waals surface area (Å²) < 4.78 is 1.89. The minimum absolute atomic E-state index is 0.535. The Morgan fingerprint density at radius 2 is 2.27 bits per heavy atom. The smallest absolute Gasteiger partial charge is 0.0521 e. The standard InChI is InChI=1S/C12H21N3/c1-10(2)13-9-12(4-5-12)6-11-7-14-15(3)8-11/h7-8,10,13H,4-6,9H2,1-3H3. The molecule has 1 heterocycles. The molecule has 0 spiro atoms. The summed E-state index contributed by atoms with van der Waals surface area (Å²) in [6.07, 6.45) is 8.04. The lowest BCUT2D eigenvalue weighted by Gasteiger charge is -2.17. The first-order valence-corrected chi connectivity index (χ1v) is 5.81. The van der Waals surface area contributed by atoms with E-state index in [1.54, 1.807) is 0 Å². The summed E-state index contributed by atoms with van der Waals surface area (Å²) in [5, 5.41) is 7.77. The van der Waals surface area contributed by atoms with Gasteiger partial charge in [0.1, 0.15) is 0 Å². The van der Waals surface area contributed by atoms with Crippen molar-refractivity contribution in [2.45, 2.75) is 39.2 Å². The highest BCUT2D eigenvalue weighted by Crippen LogP contribution is 2.47. The summed E-state index contributed by atoms with van der Waals surface area (Å²) in [4.78, 5) is 0. The van der Waals surface area contributed by atoms with Crippen LogP contribution in [0.25, 0.3) is 0 Å². The van der Waals surface area contributed by atoms with Crippen LogP contribution in [0.4, 0.5) is 0 Å². The maximum atomic E-state index is 4.22. The Labute approximate surface area is 91.9 Å². The van der Waals surface area contributed by atoms with Crippen molar-refractivity contribution in [1.82, 2.24) is 15.1 Å². The summed E-state index contributed by atoms with van der Waals surface area (Å²) in [6.45, 7) is 5.57. The molecule has 1 N–H and O–H groups in total. The Balaban J connectivity index is 1.88. The molecule has 1 saturated carbocycles. The zero-order chi connectivity index (χ0) is 10.9.